The summed E-state index contributed by atoms with van der Waals surface area (Å²) >= 11 is 0. The van der Waals surface area contributed by atoms with E-state index < -0.39 is 11.9 Å². The summed E-state index contributed by atoms with van der Waals surface area (Å²) in [4.78, 5) is 20.9. The number of carboxylic acid groups (broad SMARTS) is 2. The van der Waals surface area contributed by atoms with Crippen molar-refractivity contribution in [2.45, 2.75) is 50.0 Å². The maximum Gasteiger partial charge on any atom is 0.336 e. The molecule has 29 heavy (non-hydrogen) atoms. The Labute approximate surface area is 170 Å². The molecule has 2 aromatic rings. The van der Waals surface area contributed by atoms with E-state index >= 15 is 0 Å². The molecule has 2 bridgehead atoms. The van der Waals surface area contributed by atoms with Gasteiger partial charge in [0.2, 0.25) is 0 Å². The minimum absolute atomic E-state index is 0.190. The van der Waals surface area contributed by atoms with E-state index in [4.69, 9.17) is 10.2 Å². The fraction of sp³-hybridized carbons (Fsp3) is 0.417. The third kappa shape index (κ3) is 3.55. The average molecular weight is 393 g/mol. The Balaban J connectivity index is 0.000000152. The second-order valence-corrected chi connectivity index (χ2v) is 8.34. The Morgan fingerprint density at radius 3 is 2.24 bits per heavy atom. The Kier molecular flexibility index (Phi) is 5.41. The van der Waals surface area contributed by atoms with Crippen molar-refractivity contribution in [1.29, 1.82) is 0 Å². The smallest absolute Gasteiger partial charge is 0.336 e. The summed E-state index contributed by atoms with van der Waals surface area (Å²) in [5.41, 5.74) is 3.50. The first-order chi connectivity index (χ1) is 14.0. The van der Waals surface area contributed by atoms with Gasteiger partial charge in [-0.1, -0.05) is 49.2 Å². The number of fused-ring (bicyclic) bond motifs is 1. The van der Waals surface area contributed by atoms with Crippen molar-refractivity contribution >= 4 is 11.9 Å². The van der Waals surface area contributed by atoms with E-state index in [9.17, 15) is 9.59 Å². The van der Waals surface area contributed by atoms with E-state index in [1.807, 2.05) is 0 Å². The van der Waals surface area contributed by atoms with Gasteiger partial charge < -0.3 is 15.5 Å². The predicted octanol–water partition coefficient (Wildman–Crippen LogP) is 4.12. The van der Waals surface area contributed by atoms with Crippen LogP contribution in [0.1, 0.15) is 63.9 Å². The lowest BCUT2D eigenvalue weighted by atomic mass is 9.53. The van der Waals surface area contributed by atoms with Gasteiger partial charge in [-0.3, -0.25) is 0 Å². The lowest BCUT2D eigenvalue weighted by Gasteiger charge is -2.56. The molecule has 0 radical (unpaired) electrons. The van der Waals surface area contributed by atoms with Crippen molar-refractivity contribution in [3.8, 4) is 0 Å². The van der Waals surface area contributed by atoms with Crippen molar-refractivity contribution in [3.63, 3.8) is 0 Å². The highest BCUT2D eigenvalue weighted by Crippen LogP contribution is 2.53. The van der Waals surface area contributed by atoms with Crippen LogP contribution in [0.3, 0.4) is 0 Å². The number of piperidine rings is 1. The first-order valence-electron chi connectivity index (χ1n) is 10.4. The Hall–Kier alpha value is -2.66. The molecule has 1 heterocycles. The Morgan fingerprint density at radius 1 is 0.897 bits per heavy atom. The van der Waals surface area contributed by atoms with Crippen LogP contribution in [0, 0.1) is 5.92 Å². The summed E-state index contributed by atoms with van der Waals surface area (Å²) in [6.07, 6.45) is 8.41. The summed E-state index contributed by atoms with van der Waals surface area (Å²) in [5.74, 6) is -1.54. The van der Waals surface area contributed by atoms with Gasteiger partial charge in [0, 0.05) is 11.5 Å². The van der Waals surface area contributed by atoms with Gasteiger partial charge in [-0.25, -0.2) is 9.59 Å². The van der Waals surface area contributed by atoms with Gasteiger partial charge in [0.1, 0.15) is 0 Å². The van der Waals surface area contributed by atoms with Gasteiger partial charge >= 0.3 is 11.9 Å². The molecule has 5 heteroatoms. The number of hydrogen-bond donors (Lipinski definition) is 3. The molecule has 2 aliphatic carbocycles. The maximum absolute atomic E-state index is 10.5. The summed E-state index contributed by atoms with van der Waals surface area (Å²) in [5, 5.41) is 20.9. The van der Waals surface area contributed by atoms with Crippen molar-refractivity contribution in [2.75, 3.05) is 6.54 Å². The highest BCUT2D eigenvalue weighted by molar-refractivity contribution is 6.01. The van der Waals surface area contributed by atoms with Crippen LogP contribution in [0.5, 0.6) is 0 Å². The van der Waals surface area contributed by atoms with E-state index in [0.717, 1.165) is 12.0 Å². The molecule has 1 saturated heterocycles. The summed E-state index contributed by atoms with van der Waals surface area (Å²) in [6, 6.07) is 15.5. The van der Waals surface area contributed by atoms with Crippen LogP contribution >= 0.6 is 0 Å². The van der Waals surface area contributed by atoms with Gasteiger partial charge in [-0.05, 0) is 61.4 Å². The molecule has 5 nitrogen and oxygen atoms in total. The van der Waals surface area contributed by atoms with Crippen molar-refractivity contribution < 1.29 is 19.8 Å². The van der Waals surface area contributed by atoms with Crippen LogP contribution in [-0.2, 0) is 11.8 Å². The van der Waals surface area contributed by atoms with Crippen LogP contribution in [0.15, 0.2) is 48.5 Å². The van der Waals surface area contributed by atoms with E-state index in [2.05, 4.69) is 29.6 Å². The fourth-order valence-electron chi connectivity index (χ4n) is 5.75. The minimum atomic E-state index is -1.23. The molecular formula is C24H27NO4. The largest absolute Gasteiger partial charge is 0.478 e. The van der Waals surface area contributed by atoms with Crippen LogP contribution in [0.25, 0.3) is 0 Å². The lowest BCUT2D eigenvalue weighted by molar-refractivity contribution is 0.0651. The normalized spacial score (nSPS) is 26.9. The molecule has 1 aliphatic heterocycles. The molecular weight excluding hydrogens is 366 g/mol. The second-order valence-electron chi connectivity index (χ2n) is 8.34. The van der Waals surface area contributed by atoms with Crippen molar-refractivity contribution in [2.24, 2.45) is 5.92 Å². The van der Waals surface area contributed by atoms with Gasteiger partial charge in [-0.15, -0.1) is 0 Å². The standard InChI is InChI=1S/C16H21N.C8H6O4/c1-2-6-13-12(5-1)11-15-14-7-3-4-8-16(13,14)9-10-17-15;9-7(10)5-3-1-2-4-6(5)8(11)12/h1-2,5-6,14-15,17H,3-4,7-11H2;1-4H,(H,9,10)(H,11,12)/t14-,15+,16-;/m0./s1. The number of aromatic carboxylic acids is 2. The summed E-state index contributed by atoms with van der Waals surface area (Å²) < 4.78 is 0. The molecule has 2 fully saturated rings. The zero-order chi connectivity index (χ0) is 20.4. The summed E-state index contributed by atoms with van der Waals surface area (Å²) in [6.45, 7) is 1.23. The van der Waals surface area contributed by atoms with Crippen LogP contribution in [-0.4, -0.2) is 34.7 Å². The lowest BCUT2D eigenvalue weighted by Crippen LogP contribution is -2.59. The van der Waals surface area contributed by atoms with E-state index in [1.165, 1.54) is 69.3 Å². The molecule has 5 rings (SSSR count). The molecule has 0 aromatic heterocycles. The van der Waals surface area contributed by atoms with Crippen LogP contribution < -0.4 is 5.32 Å². The molecule has 0 amide bonds. The quantitative estimate of drug-likeness (QED) is 0.715. The number of benzene rings is 2. The third-order valence-corrected chi connectivity index (χ3v) is 6.94. The van der Waals surface area contributed by atoms with E-state index in [1.54, 1.807) is 11.1 Å². The minimum Gasteiger partial charge on any atom is -0.478 e. The number of carbonyl (C=O) groups is 2. The third-order valence-electron chi connectivity index (χ3n) is 6.94. The maximum atomic E-state index is 10.5. The molecule has 3 aliphatic rings. The van der Waals surface area contributed by atoms with Crippen molar-refractivity contribution in [3.05, 3.63) is 70.8 Å². The molecule has 0 spiro atoms. The Morgan fingerprint density at radius 2 is 1.55 bits per heavy atom. The highest BCUT2D eigenvalue weighted by atomic mass is 16.4. The van der Waals surface area contributed by atoms with Crippen LogP contribution in [0.2, 0.25) is 0 Å². The van der Waals surface area contributed by atoms with Gasteiger partial charge in [-0.2, -0.15) is 0 Å². The van der Waals surface area contributed by atoms with Crippen LogP contribution in [0.4, 0.5) is 0 Å². The highest BCUT2D eigenvalue weighted by Gasteiger charge is 2.51. The van der Waals surface area contributed by atoms with Crippen molar-refractivity contribution in [1.82, 2.24) is 5.32 Å². The average Bonchev–Trinajstić information content (AvgIpc) is 2.74. The molecule has 2 aromatic carbocycles. The number of carboxylic acids is 2. The zero-order valence-electron chi connectivity index (χ0n) is 16.4. The van der Waals surface area contributed by atoms with Gasteiger partial charge in [0.05, 0.1) is 11.1 Å². The number of rotatable bonds is 2. The summed E-state index contributed by atoms with van der Waals surface area (Å²) in [7, 11) is 0. The second kappa shape index (κ2) is 7.99. The first kappa shape index (κ1) is 19.6. The van der Waals surface area contributed by atoms with Gasteiger partial charge in [0.15, 0.2) is 0 Å². The number of hydrogen-bond acceptors (Lipinski definition) is 3. The molecule has 3 atom stereocenters. The Bertz CT molecular complexity index is 888. The molecule has 1 saturated carbocycles. The van der Waals surface area contributed by atoms with E-state index in [0.29, 0.717) is 5.41 Å². The zero-order valence-corrected chi connectivity index (χ0v) is 16.4. The molecule has 3 N–H and O–H groups in total. The fourth-order valence-corrected chi connectivity index (χ4v) is 5.75. The predicted molar refractivity (Wildman–Crippen MR) is 111 cm³/mol. The first-order valence-corrected chi connectivity index (χ1v) is 10.4. The van der Waals surface area contributed by atoms with Gasteiger partial charge in [0.25, 0.3) is 0 Å². The monoisotopic (exact) mass is 393 g/mol. The molecule has 152 valence electrons. The SMILES string of the molecule is O=C(O)c1ccccc1C(=O)O.c1ccc2c(c1)C[C@H]1NCC[C@@]23CCCC[C@@H]13. The number of nitrogens with one attached hydrogen (secondary N) is 1. The topological polar surface area (TPSA) is 86.6 Å². The molecule has 0 unspecified atom stereocenters. The van der Waals surface area contributed by atoms with E-state index in [-0.39, 0.29) is 11.1 Å².